The average Bonchev–Trinajstić information content (AvgIpc) is 3.07. The summed E-state index contributed by atoms with van der Waals surface area (Å²) >= 11 is 0.830. The molecule has 0 aromatic carbocycles. The second kappa shape index (κ2) is 10.2. The number of hydrogen-bond acceptors (Lipinski definition) is 8. The SMILES string of the molecule is COCC(=O)O[C@]1(C(=O)SCC#CCO)[C@H](C)C[C@H]2[C@@H]3C[C@H](F)C4=CC(=O)C=C[C@]4(C)[C@@]3(F)[C@@H](O)C[C@@]21C. The van der Waals surface area contributed by atoms with Crippen LogP contribution in [-0.2, 0) is 23.9 Å². The molecule has 208 valence electrons. The summed E-state index contributed by atoms with van der Waals surface area (Å²) in [5.74, 6) is 1.76. The van der Waals surface area contributed by atoms with Crippen LogP contribution < -0.4 is 0 Å². The van der Waals surface area contributed by atoms with Gasteiger partial charge in [0.2, 0.25) is 5.12 Å². The number of carbonyl (C=O) groups excluding carboxylic acids is 3. The van der Waals surface area contributed by atoms with Gasteiger partial charge in [-0.05, 0) is 49.8 Å². The van der Waals surface area contributed by atoms with E-state index in [1.807, 2.05) is 0 Å². The van der Waals surface area contributed by atoms with E-state index in [9.17, 15) is 19.5 Å². The fourth-order valence-corrected chi connectivity index (χ4v) is 8.86. The lowest BCUT2D eigenvalue weighted by Crippen LogP contribution is -2.70. The van der Waals surface area contributed by atoms with E-state index in [2.05, 4.69) is 11.8 Å². The maximum absolute atomic E-state index is 17.4. The molecule has 0 spiro atoms. The summed E-state index contributed by atoms with van der Waals surface area (Å²) < 4.78 is 44.0. The number of esters is 1. The Morgan fingerprint density at radius 3 is 2.61 bits per heavy atom. The average molecular weight is 553 g/mol. The standard InChI is InChI=1S/C28H34F2O7S/c1-16-11-18-19-13-21(29)20-12-17(32)7-8-25(20,2)27(19,30)22(33)14-26(18,3)28(16,37-23(34)15-36-4)24(35)38-10-6-5-9-31/h7-8,12,16,18-19,21-22,31,33H,9-11,13-15H2,1-4H3/t16-,18+,19+,21+,22+,25+,26+,27+,28+/m1/s1. The molecule has 4 aliphatic carbocycles. The largest absolute Gasteiger partial charge is 0.447 e. The number of fused-ring (bicyclic) bond motifs is 5. The summed E-state index contributed by atoms with van der Waals surface area (Å²) in [7, 11) is 1.32. The van der Waals surface area contributed by atoms with Gasteiger partial charge in [-0.1, -0.05) is 43.5 Å². The molecule has 10 heteroatoms. The fourth-order valence-electron chi connectivity index (χ4n) is 7.86. The van der Waals surface area contributed by atoms with Gasteiger partial charge in [0.1, 0.15) is 19.4 Å². The molecule has 0 saturated heterocycles. The van der Waals surface area contributed by atoms with Crippen LogP contribution in [0.1, 0.15) is 40.0 Å². The Bertz CT molecular complexity index is 1140. The summed E-state index contributed by atoms with van der Waals surface area (Å²) in [5.41, 5.74) is -6.82. The van der Waals surface area contributed by atoms with Crippen molar-refractivity contribution in [2.45, 2.75) is 63.6 Å². The smallest absolute Gasteiger partial charge is 0.333 e. The van der Waals surface area contributed by atoms with Crippen LogP contribution in [0.2, 0.25) is 0 Å². The van der Waals surface area contributed by atoms with Crippen molar-refractivity contribution in [3.8, 4) is 11.8 Å². The van der Waals surface area contributed by atoms with Gasteiger partial charge >= 0.3 is 5.97 Å². The van der Waals surface area contributed by atoms with Crippen molar-refractivity contribution in [2.75, 3.05) is 26.1 Å². The van der Waals surface area contributed by atoms with Crippen molar-refractivity contribution in [2.24, 2.45) is 28.6 Å². The predicted octanol–water partition coefficient (Wildman–Crippen LogP) is 2.74. The van der Waals surface area contributed by atoms with E-state index in [1.54, 1.807) is 13.8 Å². The van der Waals surface area contributed by atoms with Crippen molar-refractivity contribution < 1.29 is 42.9 Å². The van der Waals surface area contributed by atoms with Crippen LogP contribution >= 0.6 is 11.8 Å². The van der Waals surface area contributed by atoms with E-state index in [0.717, 1.165) is 17.8 Å². The number of hydrogen-bond donors (Lipinski definition) is 2. The summed E-state index contributed by atoms with van der Waals surface area (Å²) in [6.07, 6.45) is 0.231. The highest BCUT2D eigenvalue weighted by Gasteiger charge is 2.78. The maximum atomic E-state index is 17.4. The molecule has 4 rings (SSSR count). The molecule has 38 heavy (non-hydrogen) atoms. The first kappa shape index (κ1) is 28.9. The van der Waals surface area contributed by atoms with Crippen molar-refractivity contribution in [1.29, 1.82) is 0 Å². The lowest BCUT2D eigenvalue weighted by molar-refractivity contribution is -0.229. The fraction of sp³-hybridized carbons (Fsp3) is 0.679. The third kappa shape index (κ3) is 3.92. The van der Waals surface area contributed by atoms with Gasteiger partial charge in [-0.25, -0.2) is 13.6 Å². The molecular weight excluding hydrogens is 518 g/mol. The molecule has 0 aromatic rings. The Balaban J connectivity index is 1.82. The minimum atomic E-state index is -2.31. The highest BCUT2D eigenvalue weighted by molar-refractivity contribution is 8.14. The zero-order chi connectivity index (χ0) is 28.1. The molecular formula is C28H34F2O7S. The maximum Gasteiger partial charge on any atom is 0.333 e. The quantitative estimate of drug-likeness (QED) is 0.396. The number of rotatable bonds is 5. The van der Waals surface area contributed by atoms with Crippen LogP contribution in [0.4, 0.5) is 8.78 Å². The number of thioether (sulfide) groups is 1. The normalized spacial score (nSPS) is 43.2. The monoisotopic (exact) mass is 552 g/mol. The number of methoxy groups -OCH3 is 1. The van der Waals surface area contributed by atoms with Gasteiger partial charge in [-0.3, -0.25) is 9.59 Å². The molecule has 0 radical (unpaired) electrons. The van der Waals surface area contributed by atoms with E-state index in [0.29, 0.717) is 0 Å². The Kier molecular flexibility index (Phi) is 7.74. The first-order valence-corrected chi connectivity index (χ1v) is 13.7. The molecule has 0 unspecified atom stereocenters. The second-order valence-corrected chi connectivity index (χ2v) is 12.2. The van der Waals surface area contributed by atoms with Gasteiger partial charge < -0.3 is 19.7 Å². The zero-order valence-electron chi connectivity index (χ0n) is 22.0. The summed E-state index contributed by atoms with van der Waals surface area (Å²) in [6.45, 7) is 4.19. The van der Waals surface area contributed by atoms with Gasteiger partial charge in [-0.15, -0.1) is 0 Å². The number of allylic oxidation sites excluding steroid dienone is 4. The molecule has 7 nitrogen and oxygen atoms in total. The zero-order valence-corrected chi connectivity index (χ0v) is 22.8. The van der Waals surface area contributed by atoms with Gasteiger partial charge in [0.15, 0.2) is 17.1 Å². The van der Waals surface area contributed by atoms with Crippen molar-refractivity contribution in [1.82, 2.24) is 0 Å². The molecule has 3 saturated carbocycles. The number of halogens is 2. The van der Waals surface area contributed by atoms with Gasteiger partial charge in [0.05, 0.1) is 11.9 Å². The van der Waals surface area contributed by atoms with Crippen LogP contribution in [-0.4, -0.2) is 76.7 Å². The molecule has 0 aromatic heterocycles. The number of ether oxygens (including phenoxy) is 2. The van der Waals surface area contributed by atoms with Gasteiger partial charge in [-0.2, -0.15) is 0 Å². The number of aliphatic hydroxyl groups excluding tert-OH is 2. The Morgan fingerprint density at radius 1 is 1.24 bits per heavy atom. The highest BCUT2D eigenvalue weighted by Crippen LogP contribution is 2.72. The highest BCUT2D eigenvalue weighted by atomic mass is 32.2. The van der Waals surface area contributed by atoms with E-state index in [-0.39, 0.29) is 37.2 Å². The van der Waals surface area contributed by atoms with Gasteiger partial charge in [0.25, 0.3) is 0 Å². The number of carbonyl (C=O) groups is 3. The van der Waals surface area contributed by atoms with Crippen molar-refractivity contribution in [3.63, 3.8) is 0 Å². The molecule has 0 aliphatic heterocycles. The minimum Gasteiger partial charge on any atom is -0.447 e. The van der Waals surface area contributed by atoms with E-state index < -0.39 is 75.6 Å². The summed E-state index contributed by atoms with van der Waals surface area (Å²) in [6, 6.07) is 0. The molecule has 2 N–H and O–H groups in total. The van der Waals surface area contributed by atoms with Crippen LogP contribution in [0.5, 0.6) is 0 Å². The van der Waals surface area contributed by atoms with E-state index in [4.69, 9.17) is 14.6 Å². The molecule has 0 bridgehead atoms. The summed E-state index contributed by atoms with van der Waals surface area (Å²) in [4.78, 5) is 38.7. The topological polar surface area (TPSA) is 110 Å². The first-order valence-electron chi connectivity index (χ1n) is 12.7. The number of aliphatic hydroxyl groups is 2. The predicted molar refractivity (Wildman–Crippen MR) is 136 cm³/mol. The van der Waals surface area contributed by atoms with Crippen LogP contribution in [0.3, 0.4) is 0 Å². The Labute approximate surface area is 225 Å². The van der Waals surface area contributed by atoms with E-state index >= 15 is 8.78 Å². The number of ketones is 1. The molecule has 0 amide bonds. The molecule has 0 heterocycles. The first-order chi connectivity index (χ1) is 17.8. The molecule has 9 atom stereocenters. The molecule has 4 aliphatic rings. The lowest BCUT2D eigenvalue weighted by Gasteiger charge is -2.63. The third-order valence-corrected chi connectivity index (χ3v) is 10.3. The Morgan fingerprint density at radius 2 is 1.95 bits per heavy atom. The minimum absolute atomic E-state index is 0.0179. The van der Waals surface area contributed by atoms with Gasteiger partial charge in [0, 0.05) is 29.8 Å². The van der Waals surface area contributed by atoms with Crippen LogP contribution in [0.25, 0.3) is 0 Å². The lowest BCUT2D eigenvalue weighted by atomic mass is 9.44. The van der Waals surface area contributed by atoms with Crippen LogP contribution in [0.15, 0.2) is 23.8 Å². The van der Waals surface area contributed by atoms with Crippen molar-refractivity contribution >= 4 is 28.6 Å². The third-order valence-electron chi connectivity index (χ3n) is 9.49. The van der Waals surface area contributed by atoms with Crippen LogP contribution in [0, 0.1) is 40.4 Å². The van der Waals surface area contributed by atoms with E-state index in [1.165, 1.54) is 26.2 Å². The summed E-state index contributed by atoms with van der Waals surface area (Å²) in [5, 5.41) is 20.0. The van der Waals surface area contributed by atoms with Crippen molar-refractivity contribution in [3.05, 3.63) is 23.8 Å². The number of alkyl halides is 2. The molecule has 3 fully saturated rings. The second-order valence-electron chi connectivity index (χ2n) is 11.2. The Hall–Kier alpha value is -2.06.